The molecule has 0 aliphatic carbocycles. The minimum Gasteiger partial charge on any atom is -0.379 e. The number of fused-ring (bicyclic) bond motifs is 5. The van der Waals surface area contributed by atoms with Crippen molar-refractivity contribution in [1.29, 1.82) is 0 Å². The Balaban J connectivity index is 1.18. The zero-order chi connectivity index (χ0) is 32.2. The summed E-state index contributed by atoms with van der Waals surface area (Å²) in [5, 5.41) is 6.40. The molecule has 6 aromatic rings. The first kappa shape index (κ1) is 29.4. The fourth-order valence-electron chi connectivity index (χ4n) is 5.94. The maximum Gasteiger partial charge on any atom is 0.274 e. The Morgan fingerprint density at radius 3 is 2.33 bits per heavy atom. The van der Waals surface area contributed by atoms with Crippen molar-refractivity contribution in [2.24, 2.45) is 5.41 Å². The van der Waals surface area contributed by atoms with Crippen molar-refractivity contribution in [1.82, 2.24) is 15.4 Å². The van der Waals surface area contributed by atoms with Crippen LogP contribution < -0.4 is 20.5 Å². The number of hydrogen-bond donors (Lipinski definition) is 4. The van der Waals surface area contributed by atoms with Crippen molar-refractivity contribution in [2.45, 2.75) is 26.7 Å². The van der Waals surface area contributed by atoms with E-state index in [9.17, 15) is 14.4 Å². The largest absolute Gasteiger partial charge is 0.379 e. The Bertz CT molecular complexity index is 2140. The lowest BCUT2D eigenvalue weighted by Crippen LogP contribution is -2.37. The highest BCUT2D eigenvalue weighted by Crippen LogP contribution is 2.46. The minimum absolute atomic E-state index is 0.0976. The summed E-state index contributed by atoms with van der Waals surface area (Å²) in [6.45, 7) is 5.80. The number of halogens is 1. The van der Waals surface area contributed by atoms with Crippen LogP contribution in [0.25, 0.3) is 32.6 Å². The number of alkyl halides is 1. The normalized spacial score (nSPS) is 14.5. The van der Waals surface area contributed by atoms with Crippen molar-refractivity contribution >= 4 is 73.3 Å². The first-order valence-corrected chi connectivity index (χ1v) is 15.6. The highest BCUT2D eigenvalue weighted by atomic mass is 35.5. The lowest BCUT2D eigenvalue weighted by Gasteiger charge is -2.21. The summed E-state index contributed by atoms with van der Waals surface area (Å²) in [6.07, 6.45) is 0. The van der Waals surface area contributed by atoms with E-state index in [2.05, 4.69) is 20.8 Å². The summed E-state index contributed by atoms with van der Waals surface area (Å²) in [5.41, 5.74) is 6.67. The standard InChI is InChI=1S/C36H32ClN5O4/c1-36(2,3)35(45)41-46-31-17-30-32(25-10-6-5-9-24(25)31)22(18-37)19-42(30)34(44)29-16-21-14-23(12-13-27(21)40-29)38-33(43)28-15-20-8-4-7-11-26(20)39-28/h4-17,22,39-40H,18-19H2,1-3H3,(H,38,43)(H,41,45)/t22-/m0/s1. The fraction of sp³-hybridized carbons (Fsp3) is 0.194. The first-order valence-electron chi connectivity index (χ1n) is 15.0. The zero-order valence-electron chi connectivity index (χ0n) is 25.5. The molecule has 4 N–H and O–H groups in total. The number of aromatic nitrogens is 2. The van der Waals surface area contributed by atoms with Crippen LogP contribution in [0.4, 0.5) is 11.4 Å². The van der Waals surface area contributed by atoms with Gasteiger partial charge in [0, 0.05) is 62.7 Å². The SMILES string of the molecule is CC(C)(C)C(=O)NOc1cc2c(c3ccccc13)[C@@H](CCl)CN2C(=O)c1cc2cc(NC(=O)c3cc4ccccc4[nH]3)ccc2[nH]1. The number of hydrogen-bond acceptors (Lipinski definition) is 4. The van der Waals surface area contributed by atoms with Crippen molar-refractivity contribution in [3.05, 3.63) is 102 Å². The molecule has 0 saturated heterocycles. The molecular formula is C36H32ClN5O4. The summed E-state index contributed by atoms with van der Waals surface area (Å²) < 4.78 is 0. The maximum atomic E-state index is 14.1. The first-order chi connectivity index (χ1) is 22.1. The summed E-state index contributed by atoms with van der Waals surface area (Å²) in [5.74, 6) is -0.0839. The van der Waals surface area contributed by atoms with E-state index in [1.165, 1.54) is 0 Å². The smallest absolute Gasteiger partial charge is 0.274 e. The van der Waals surface area contributed by atoms with Crippen molar-refractivity contribution in [2.75, 3.05) is 22.6 Å². The van der Waals surface area contributed by atoms with Gasteiger partial charge in [0.05, 0.1) is 5.69 Å². The number of nitrogens with zero attached hydrogens (tertiary/aromatic N) is 1. The van der Waals surface area contributed by atoms with Crippen LogP contribution in [-0.2, 0) is 4.79 Å². The lowest BCUT2D eigenvalue weighted by molar-refractivity contribution is -0.135. The van der Waals surface area contributed by atoms with E-state index < -0.39 is 5.41 Å². The summed E-state index contributed by atoms with van der Waals surface area (Å²) in [6, 6.07) is 26.3. The Kier molecular flexibility index (Phi) is 7.21. The molecule has 4 aromatic carbocycles. The zero-order valence-corrected chi connectivity index (χ0v) is 26.3. The van der Waals surface area contributed by atoms with Crippen LogP contribution in [0.15, 0.2) is 84.9 Å². The highest BCUT2D eigenvalue weighted by Gasteiger charge is 2.36. The van der Waals surface area contributed by atoms with Crippen LogP contribution in [0.3, 0.4) is 0 Å². The molecule has 1 atom stereocenters. The number of aromatic amines is 2. The molecule has 1 aliphatic heterocycles. The quantitative estimate of drug-likeness (QED) is 0.112. The average Bonchev–Trinajstić information content (AvgIpc) is 3.77. The second kappa shape index (κ2) is 11.3. The molecule has 0 saturated carbocycles. The van der Waals surface area contributed by atoms with Crippen LogP contribution in [0.5, 0.6) is 5.75 Å². The van der Waals surface area contributed by atoms with Gasteiger partial charge in [-0.25, -0.2) is 0 Å². The summed E-state index contributed by atoms with van der Waals surface area (Å²) in [4.78, 5) is 53.6. The second-order valence-electron chi connectivity index (χ2n) is 12.6. The molecule has 46 heavy (non-hydrogen) atoms. The highest BCUT2D eigenvalue weighted by molar-refractivity contribution is 6.19. The van der Waals surface area contributed by atoms with Gasteiger partial charge >= 0.3 is 0 Å². The Labute approximate surface area is 269 Å². The van der Waals surface area contributed by atoms with Crippen LogP contribution in [0.2, 0.25) is 0 Å². The Hall–Kier alpha value is -5.28. The van der Waals surface area contributed by atoms with Crippen LogP contribution in [0.1, 0.15) is 53.2 Å². The van der Waals surface area contributed by atoms with Gasteiger partial charge in [0.2, 0.25) is 0 Å². The van der Waals surface area contributed by atoms with E-state index in [1.54, 1.807) is 43.9 Å². The van der Waals surface area contributed by atoms with Gasteiger partial charge in [0.25, 0.3) is 17.7 Å². The van der Waals surface area contributed by atoms with Crippen molar-refractivity contribution < 1.29 is 19.2 Å². The van der Waals surface area contributed by atoms with Crippen molar-refractivity contribution in [3.8, 4) is 5.75 Å². The third kappa shape index (κ3) is 5.22. The predicted octanol–water partition coefficient (Wildman–Crippen LogP) is 7.49. The molecule has 9 nitrogen and oxygen atoms in total. The molecule has 0 spiro atoms. The molecule has 0 fully saturated rings. The molecular weight excluding hydrogens is 602 g/mol. The number of anilines is 2. The van der Waals surface area contributed by atoms with Crippen LogP contribution in [-0.4, -0.2) is 40.1 Å². The third-order valence-corrected chi connectivity index (χ3v) is 8.75. The van der Waals surface area contributed by atoms with E-state index in [0.29, 0.717) is 40.9 Å². The topological polar surface area (TPSA) is 119 Å². The molecule has 3 heterocycles. The maximum absolute atomic E-state index is 14.1. The molecule has 232 valence electrons. The van der Waals surface area contributed by atoms with E-state index in [4.69, 9.17) is 16.4 Å². The van der Waals surface area contributed by atoms with Gasteiger partial charge in [-0.05, 0) is 47.3 Å². The Morgan fingerprint density at radius 2 is 1.57 bits per heavy atom. The summed E-state index contributed by atoms with van der Waals surface area (Å²) in [7, 11) is 0. The lowest BCUT2D eigenvalue weighted by atomic mass is 9.95. The number of amides is 3. The molecule has 1 aliphatic rings. The predicted molar refractivity (Wildman–Crippen MR) is 182 cm³/mol. The number of H-pyrrole nitrogens is 2. The number of benzene rings is 4. The van der Waals surface area contributed by atoms with Gasteiger partial charge in [0.15, 0.2) is 5.75 Å². The van der Waals surface area contributed by atoms with Crippen LogP contribution in [0, 0.1) is 5.41 Å². The fourth-order valence-corrected chi connectivity index (χ4v) is 6.19. The van der Waals surface area contributed by atoms with E-state index >= 15 is 0 Å². The number of hydroxylamine groups is 1. The van der Waals surface area contributed by atoms with Gasteiger partial charge in [0.1, 0.15) is 11.4 Å². The Morgan fingerprint density at radius 1 is 0.870 bits per heavy atom. The molecule has 7 rings (SSSR count). The monoisotopic (exact) mass is 633 g/mol. The van der Waals surface area contributed by atoms with Crippen molar-refractivity contribution in [3.63, 3.8) is 0 Å². The number of nitrogens with one attached hydrogen (secondary N) is 4. The molecule has 10 heteroatoms. The van der Waals surface area contributed by atoms with Gasteiger partial charge in [-0.2, -0.15) is 5.48 Å². The van der Waals surface area contributed by atoms with E-state index in [1.807, 2.05) is 66.7 Å². The molecule has 3 amide bonds. The molecule has 0 radical (unpaired) electrons. The number of para-hydroxylation sites is 1. The van der Waals surface area contributed by atoms with Gasteiger partial charge in [-0.3, -0.25) is 14.4 Å². The van der Waals surface area contributed by atoms with Gasteiger partial charge in [-0.15, -0.1) is 11.6 Å². The number of carbonyl (C=O) groups is 3. The summed E-state index contributed by atoms with van der Waals surface area (Å²) >= 11 is 6.46. The second-order valence-corrected chi connectivity index (χ2v) is 12.9. The van der Waals surface area contributed by atoms with E-state index in [-0.39, 0.29) is 23.6 Å². The minimum atomic E-state index is -0.646. The number of rotatable bonds is 6. The number of carbonyl (C=O) groups excluding carboxylic acids is 3. The van der Waals surface area contributed by atoms with Gasteiger partial charge < -0.3 is 25.0 Å². The third-order valence-electron chi connectivity index (χ3n) is 8.38. The van der Waals surface area contributed by atoms with E-state index in [0.717, 1.165) is 38.1 Å². The molecule has 0 bridgehead atoms. The average molecular weight is 634 g/mol. The van der Waals surface area contributed by atoms with Gasteiger partial charge in [-0.1, -0.05) is 63.2 Å². The van der Waals surface area contributed by atoms with Crippen LogP contribution >= 0.6 is 11.6 Å². The molecule has 2 aromatic heterocycles. The molecule has 0 unspecified atom stereocenters.